The summed E-state index contributed by atoms with van der Waals surface area (Å²) >= 11 is 1.78. The SMILES string of the molecule is C1CCNC1.COC.COc1cc(Cc2c(-c3ccc(OCCCC=O)cc3)sc3ccccc23)ccc1O. The highest BCUT2D eigenvalue weighted by molar-refractivity contribution is 7.22. The lowest BCUT2D eigenvalue weighted by molar-refractivity contribution is -0.108. The van der Waals surface area contributed by atoms with E-state index in [1.165, 1.54) is 46.5 Å². The molecule has 1 fully saturated rings. The van der Waals surface area contributed by atoms with E-state index >= 15 is 0 Å². The molecule has 208 valence electrons. The van der Waals surface area contributed by atoms with Gasteiger partial charge in [0.05, 0.1) is 13.7 Å². The zero-order chi connectivity index (χ0) is 27.9. The Hall–Kier alpha value is -3.39. The largest absolute Gasteiger partial charge is 0.504 e. The molecule has 2 heterocycles. The van der Waals surface area contributed by atoms with E-state index in [0.29, 0.717) is 18.8 Å². The van der Waals surface area contributed by atoms with Crippen LogP contribution in [0.15, 0.2) is 66.7 Å². The van der Waals surface area contributed by atoms with Gasteiger partial charge in [0.1, 0.15) is 12.0 Å². The fourth-order valence-electron chi connectivity index (χ4n) is 4.23. The molecule has 0 bridgehead atoms. The van der Waals surface area contributed by atoms with Crippen molar-refractivity contribution in [1.82, 2.24) is 5.32 Å². The Kier molecular flexibility index (Phi) is 12.8. The van der Waals surface area contributed by atoms with Crippen molar-refractivity contribution in [3.8, 4) is 27.7 Å². The number of hydrogen-bond donors (Lipinski definition) is 2. The molecule has 3 aromatic carbocycles. The smallest absolute Gasteiger partial charge is 0.160 e. The summed E-state index contributed by atoms with van der Waals surface area (Å²) in [6.45, 7) is 3.04. The van der Waals surface area contributed by atoms with Crippen molar-refractivity contribution in [2.45, 2.75) is 32.1 Å². The third kappa shape index (κ3) is 9.10. The molecular formula is C32H39NO5S. The van der Waals surface area contributed by atoms with Crippen LogP contribution < -0.4 is 14.8 Å². The van der Waals surface area contributed by atoms with E-state index < -0.39 is 0 Å². The molecule has 39 heavy (non-hydrogen) atoms. The van der Waals surface area contributed by atoms with E-state index in [-0.39, 0.29) is 5.75 Å². The summed E-state index contributed by atoms with van der Waals surface area (Å²) in [5.74, 6) is 1.43. The molecule has 4 aromatic rings. The second kappa shape index (κ2) is 16.5. The molecule has 0 saturated carbocycles. The standard InChI is InChI=1S/C26H24O4S.C4H9N.C2H6O/c1-29-24-17-18(8-13-23(24)28)16-22-21-6-2-3-7-25(21)31-26(22)19-9-11-20(12-10-19)30-15-5-4-14-27;1-2-4-5-3-1;1-3-2/h2-3,6-14,17,28H,4-5,15-16H2,1H3;5H,1-4H2;1-2H3. The van der Waals surface area contributed by atoms with Crippen LogP contribution in [0.4, 0.5) is 0 Å². The van der Waals surface area contributed by atoms with Crippen molar-refractivity contribution in [2.75, 3.05) is 41.0 Å². The van der Waals surface area contributed by atoms with Gasteiger partial charge >= 0.3 is 0 Å². The lowest BCUT2D eigenvalue weighted by atomic mass is 9.98. The van der Waals surface area contributed by atoms with E-state index in [4.69, 9.17) is 9.47 Å². The van der Waals surface area contributed by atoms with Gasteiger partial charge in [-0.05, 0) is 103 Å². The van der Waals surface area contributed by atoms with Gasteiger partial charge in [-0.3, -0.25) is 0 Å². The van der Waals surface area contributed by atoms with Crippen molar-refractivity contribution < 1.29 is 24.1 Å². The minimum Gasteiger partial charge on any atom is -0.504 e. The number of fused-ring (bicyclic) bond motifs is 1. The van der Waals surface area contributed by atoms with Gasteiger partial charge in [-0.2, -0.15) is 0 Å². The van der Waals surface area contributed by atoms with Crippen LogP contribution in [0, 0.1) is 0 Å². The second-order valence-electron chi connectivity index (χ2n) is 9.14. The monoisotopic (exact) mass is 549 g/mol. The van der Waals surface area contributed by atoms with E-state index in [1.807, 2.05) is 24.3 Å². The zero-order valence-electron chi connectivity index (χ0n) is 23.1. The van der Waals surface area contributed by atoms with Crippen molar-refractivity contribution in [2.24, 2.45) is 0 Å². The molecule has 1 saturated heterocycles. The van der Waals surface area contributed by atoms with Gasteiger partial charge in [0.2, 0.25) is 0 Å². The minimum atomic E-state index is 0.144. The Morgan fingerprint density at radius 1 is 0.974 bits per heavy atom. The highest BCUT2D eigenvalue weighted by atomic mass is 32.1. The maximum atomic E-state index is 10.4. The number of benzene rings is 3. The van der Waals surface area contributed by atoms with Crippen LogP contribution in [0.3, 0.4) is 0 Å². The van der Waals surface area contributed by atoms with Gasteiger partial charge in [-0.1, -0.05) is 24.3 Å². The fraction of sp³-hybridized carbons (Fsp3) is 0.344. The molecule has 0 unspecified atom stereocenters. The van der Waals surface area contributed by atoms with Gasteiger partial charge in [0, 0.05) is 30.2 Å². The van der Waals surface area contributed by atoms with Gasteiger partial charge in [0.25, 0.3) is 0 Å². The number of phenols is 1. The molecule has 1 aromatic heterocycles. The van der Waals surface area contributed by atoms with Crippen LogP contribution in [0.25, 0.3) is 20.5 Å². The Morgan fingerprint density at radius 2 is 1.69 bits per heavy atom. The minimum absolute atomic E-state index is 0.144. The van der Waals surface area contributed by atoms with Crippen LogP contribution in [0.5, 0.6) is 17.2 Å². The van der Waals surface area contributed by atoms with E-state index in [2.05, 4.69) is 46.5 Å². The Bertz CT molecular complexity index is 1270. The zero-order valence-corrected chi connectivity index (χ0v) is 23.9. The van der Waals surface area contributed by atoms with Crippen molar-refractivity contribution >= 4 is 27.7 Å². The van der Waals surface area contributed by atoms with Gasteiger partial charge < -0.3 is 29.4 Å². The van der Waals surface area contributed by atoms with Crippen LogP contribution in [-0.2, 0) is 16.0 Å². The summed E-state index contributed by atoms with van der Waals surface area (Å²) in [5, 5.41) is 14.4. The highest BCUT2D eigenvalue weighted by Gasteiger charge is 2.15. The van der Waals surface area contributed by atoms with Gasteiger partial charge in [-0.15, -0.1) is 11.3 Å². The lowest BCUT2D eigenvalue weighted by Gasteiger charge is -2.10. The van der Waals surface area contributed by atoms with Crippen LogP contribution >= 0.6 is 11.3 Å². The molecule has 6 nitrogen and oxygen atoms in total. The molecule has 0 radical (unpaired) electrons. The number of phenolic OH excluding ortho intramolecular Hbond substituents is 1. The predicted molar refractivity (Wildman–Crippen MR) is 161 cm³/mol. The summed E-state index contributed by atoms with van der Waals surface area (Å²) in [6.07, 6.45) is 5.67. The van der Waals surface area contributed by atoms with E-state index in [1.54, 1.807) is 38.7 Å². The number of thiophene rings is 1. The average molecular weight is 550 g/mol. The predicted octanol–water partition coefficient (Wildman–Crippen LogP) is 6.86. The third-order valence-electron chi connectivity index (χ3n) is 6.13. The normalized spacial score (nSPS) is 12.2. The van der Waals surface area contributed by atoms with Crippen molar-refractivity contribution in [3.63, 3.8) is 0 Å². The van der Waals surface area contributed by atoms with Crippen molar-refractivity contribution in [3.05, 3.63) is 77.9 Å². The number of nitrogens with one attached hydrogen (secondary N) is 1. The Balaban J connectivity index is 0.000000456. The van der Waals surface area contributed by atoms with Gasteiger partial charge in [-0.25, -0.2) is 0 Å². The summed E-state index contributed by atoms with van der Waals surface area (Å²) in [6, 6.07) is 22.1. The topological polar surface area (TPSA) is 77.0 Å². The number of carbonyl (C=O) groups is 1. The summed E-state index contributed by atoms with van der Waals surface area (Å²) in [7, 11) is 4.81. The lowest BCUT2D eigenvalue weighted by Crippen LogP contribution is -2.03. The molecular weight excluding hydrogens is 510 g/mol. The summed E-state index contributed by atoms with van der Waals surface area (Å²) < 4.78 is 16.5. The fourth-order valence-corrected chi connectivity index (χ4v) is 5.45. The first kappa shape index (κ1) is 30.2. The highest BCUT2D eigenvalue weighted by Crippen LogP contribution is 2.41. The van der Waals surface area contributed by atoms with Crippen LogP contribution in [-0.4, -0.2) is 52.4 Å². The molecule has 5 rings (SSSR count). The Morgan fingerprint density at radius 3 is 2.33 bits per heavy atom. The van der Waals surface area contributed by atoms with Gasteiger partial charge in [0.15, 0.2) is 11.5 Å². The third-order valence-corrected chi connectivity index (χ3v) is 7.39. The van der Waals surface area contributed by atoms with Crippen LogP contribution in [0.1, 0.15) is 36.8 Å². The molecule has 0 aliphatic carbocycles. The molecule has 0 atom stereocenters. The van der Waals surface area contributed by atoms with Crippen LogP contribution in [0.2, 0.25) is 0 Å². The number of rotatable bonds is 9. The number of carbonyl (C=O) groups excluding carboxylic acids is 1. The first-order valence-electron chi connectivity index (χ1n) is 13.2. The second-order valence-corrected chi connectivity index (χ2v) is 10.2. The molecule has 7 heteroatoms. The first-order valence-corrected chi connectivity index (χ1v) is 14.1. The van der Waals surface area contributed by atoms with Crippen molar-refractivity contribution in [1.29, 1.82) is 0 Å². The molecule has 1 aliphatic heterocycles. The summed E-state index contributed by atoms with van der Waals surface area (Å²) in [4.78, 5) is 11.7. The Labute approximate surface area is 235 Å². The molecule has 1 aliphatic rings. The molecule has 0 spiro atoms. The maximum Gasteiger partial charge on any atom is 0.160 e. The first-order chi connectivity index (χ1) is 19.1. The number of ether oxygens (including phenoxy) is 3. The maximum absolute atomic E-state index is 10.4. The molecule has 0 amide bonds. The van der Waals surface area contributed by atoms with E-state index in [9.17, 15) is 9.90 Å². The number of unbranched alkanes of at least 4 members (excludes halogenated alkanes) is 1. The molecule has 2 N–H and O–H groups in total. The number of hydrogen-bond acceptors (Lipinski definition) is 7. The average Bonchev–Trinajstić information content (AvgIpc) is 3.66. The quantitative estimate of drug-likeness (QED) is 0.175. The number of aldehydes is 1. The number of aromatic hydroxyl groups is 1. The van der Waals surface area contributed by atoms with E-state index in [0.717, 1.165) is 36.0 Å². The summed E-state index contributed by atoms with van der Waals surface area (Å²) in [5.41, 5.74) is 3.48. The number of methoxy groups -OCH3 is 2.